The van der Waals surface area contributed by atoms with Crippen LogP contribution in [0.4, 0.5) is 0 Å². The lowest BCUT2D eigenvalue weighted by Crippen LogP contribution is -2.56. The van der Waals surface area contributed by atoms with Gasteiger partial charge >= 0.3 is 17.9 Å². The smallest absolute Gasteiger partial charge is 0.356 e. The number of rotatable bonds is 10. The third kappa shape index (κ3) is 6.28. The quantitative estimate of drug-likeness (QED) is 0.197. The number of aliphatic carboxylic acids is 2. The Hall–Kier alpha value is -2.93. The van der Waals surface area contributed by atoms with Gasteiger partial charge in [-0.1, -0.05) is 0 Å². The summed E-state index contributed by atoms with van der Waals surface area (Å²) in [4.78, 5) is 33.3. The summed E-state index contributed by atoms with van der Waals surface area (Å²) < 4.78 is 15.8. The highest BCUT2D eigenvalue weighted by molar-refractivity contribution is 5.96. The molecule has 1 saturated heterocycles. The number of carbonyl (C=O) groups is 3. The van der Waals surface area contributed by atoms with E-state index in [1.165, 1.54) is 0 Å². The van der Waals surface area contributed by atoms with Gasteiger partial charge in [-0.05, 0) is 31.9 Å². The summed E-state index contributed by atoms with van der Waals surface area (Å²) in [7, 11) is 0. The van der Waals surface area contributed by atoms with Crippen molar-refractivity contribution < 1.29 is 59.2 Å². The van der Waals surface area contributed by atoms with Crippen LogP contribution in [0, 0.1) is 0 Å². The molecule has 12 nitrogen and oxygen atoms in total. The Morgan fingerprint density at radius 2 is 1.58 bits per heavy atom. The molecule has 0 aliphatic carbocycles. The number of hydrogen-bond acceptors (Lipinski definition) is 9. The second-order valence-electron chi connectivity index (χ2n) is 7.01. The average Bonchev–Trinajstić information content (AvgIpc) is 2.70. The minimum absolute atomic E-state index is 0.00152. The summed E-state index contributed by atoms with van der Waals surface area (Å²) in [6, 6.07) is 3.27. The molecular weight excluding hydrogens is 420 g/mol. The van der Waals surface area contributed by atoms with Crippen LogP contribution in [-0.2, 0) is 14.3 Å². The highest BCUT2D eigenvalue weighted by Gasteiger charge is 2.41. The Morgan fingerprint density at radius 1 is 0.968 bits per heavy atom. The van der Waals surface area contributed by atoms with Gasteiger partial charge < -0.3 is 44.8 Å². The van der Waals surface area contributed by atoms with E-state index >= 15 is 0 Å². The van der Waals surface area contributed by atoms with Crippen LogP contribution in [0.1, 0.15) is 30.1 Å². The molecule has 0 radical (unpaired) electrons. The summed E-state index contributed by atoms with van der Waals surface area (Å²) in [6.45, 7) is 1.59. The molecular formula is C19H24O12. The lowest BCUT2D eigenvalue weighted by Gasteiger charge is -2.39. The highest BCUT2D eigenvalue weighted by atomic mass is 16.5. The molecule has 1 aliphatic rings. The standard InChI is InChI=1S/C19H24O12/c1-8-13(20)15(22)14(21)12(30-8)3-2-4-29-10-5-9(17(23)24)6-11(7-10)31-16(18(25)26)19(27)28/h5-8,12-16,20-22H,2-4H2,1H3,(H,23,24)(H,25,26)(H,27,28)/t8-,12?,13?,14?,15?/m1/s1. The van der Waals surface area contributed by atoms with Gasteiger partial charge in [0, 0.05) is 6.07 Å². The molecule has 1 aromatic rings. The number of ether oxygens (including phenoxy) is 3. The minimum atomic E-state index is -2.23. The maximum Gasteiger partial charge on any atom is 0.356 e. The maximum atomic E-state index is 11.3. The molecule has 1 heterocycles. The number of hydrogen-bond donors (Lipinski definition) is 6. The molecule has 172 valence electrons. The molecule has 0 bridgehead atoms. The fourth-order valence-corrected chi connectivity index (χ4v) is 3.04. The summed E-state index contributed by atoms with van der Waals surface area (Å²) in [5, 5.41) is 56.5. The van der Waals surface area contributed by atoms with Crippen LogP contribution in [0.25, 0.3) is 0 Å². The lowest BCUT2D eigenvalue weighted by molar-refractivity contribution is -0.218. The first-order chi connectivity index (χ1) is 14.5. The van der Waals surface area contributed by atoms with Crippen molar-refractivity contribution in [3.8, 4) is 11.5 Å². The van der Waals surface area contributed by atoms with Crippen LogP contribution < -0.4 is 9.47 Å². The number of aliphatic hydroxyl groups excluding tert-OH is 3. The zero-order valence-electron chi connectivity index (χ0n) is 16.5. The monoisotopic (exact) mass is 444 g/mol. The van der Waals surface area contributed by atoms with Crippen molar-refractivity contribution >= 4 is 17.9 Å². The summed E-state index contributed by atoms with van der Waals surface area (Å²) in [6.07, 6.45) is -6.91. The van der Waals surface area contributed by atoms with Crippen LogP contribution in [0.2, 0.25) is 0 Å². The van der Waals surface area contributed by atoms with Gasteiger partial charge in [-0.3, -0.25) is 0 Å². The van der Waals surface area contributed by atoms with Crippen molar-refractivity contribution in [1.29, 1.82) is 0 Å². The van der Waals surface area contributed by atoms with Gasteiger partial charge in [0.1, 0.15) is 29.8 Å². The van der Waals surface area contributed by atoms with Crippen molar-refractivity contribution in [2.24, 2.45) is 0 Å². The molecule has 31 heavy (non-hydrogen) atoms. The van der Waals surface area contributed by atoms with Crippen LogP contribution in [0.3, 0.4) is 0 Å². The molecule has 4 unspecified atom stereocenters. The SMILES string of the molecule is C[C@H]1OC(CCCOc2cc(OC(C(=O)O)C(=O)O)cc(C(=O)O)c2)C(O)C(O)C1O. The van der Waals surface area contributed by atoms with Crippen molar-refractivity contribution in [2.75, 3.05) is 6.61 Å². The topological polar surface area (TPSA) is 200 Å². The Balaban J connectivity index is 2.01. The molecule has 1 aromatic carbocycles. The van der Waals surface area contributed by atoms with E-state index in [4.69, 9.17) is 24.4 Å². The Bertz CT molecular complexity index is 795. The summed E-state index contributed by atoms with van der Waals surface area (Å²) in [5.41, 5.74) is -0.306. The number of aliphatic hydroxyl groups is 3. The van der Waals surface area contributed by atoms with Crippen molar-refractivity contribution in [2.45, 2.75) is 56.4 Å². The Kier molecular flexibility index (Phi) is 8.16. The van der Waals surface area contributed by atoms with Crippen molar-refractivity contribution in [3.05, 3.63) is 23.8 Å². The Morgan fingerprint density at radius 3 is 2.16 bits per heavy atom. The zero-order chi connectivity index (χ0) is 23.3. The Labute approximate surface area is 176 Å². The first-order valence-electron chi connectivity index (χ1n) is 9.34. The van der Waals surface area contributed by atoms with Crippen LogP contribution in [0.5, 0.6) is 11.5 Å². The van der Waals surface area contributed by atoms with E-state index in [1.807, 2.05) is 0 Å². The van der Waals surface area contributed by atoms with Gasteiger partial charge in [-0.25, -0.2) is 14.4 Å². The van der Waals surface area contributed by atoms with Crippen molar-refractivity contribution in [1.82, 2.24) is 0 Å². The van der Waals surface area contributed by atoms with Crippen LogP contribution in [0.15, 0.2) is 18.2 Å². The fourth-order valence-electron chi connectivity index (χ4n) is 3.04. The molecule has 0 aromatic heterocycles. The average molecular weight is 444 g/mol. The van der Waals surface area contributed by atoms with E-state index in [1.54, 1.807) is 6.92 Å². The lowest BCUT2D eigenvalue weighted by atomic mass is 9.93. The largest absolute Gasteiger partial charge is 0.493 e. The molecule has 5 atom stereocenters. The van der Waals surface area contributed by atoms with E-state index in [2.05, 4.69) is 0 Å². The second kappa shape index (κ2) is 10.4. The van der Waals surface area contributed by atoms with E-state index in [0.717, 1.165) is 18.2 Å². The first-order valence-corrected chi connectivity index (χ1v) is 9.34. The first kappa shape index (κ1) is 24.3. The van der Waals surface area contributed by atoms with Gasteiger partial charge in [-0.15, -0.1) is 0 Å². The highest BCUT2D eigenvalue weighted by Crippen LogP contribution is 2.26. The molecule has 1 fully saturated rings. The van der Waals surface area contributed by atoms with E-state index in [0.29, 0.717) is 6.42 Å². The van der Waals surface area contributed by atoms with E-state index in [-0.39, 0.29) is 30.1 Å². The summed E-state index contributed by atoms with van der Waals surface area (Å²) in [5.74, 6) is -5.20. The maximum absolute atomic E-state index is 11.3. The fraction of sp³-hybridized carbons (Fsp3) is 0.526. The number of aromatic carboxylic acids is 1. The van der Waals surface area contributed by atoms with E-state index < -0.39 is 54.5 Å². The third-order valence-corrected chi connectivity index (χ3v) is 4.68. The predicted octanol–water partition coefficient (Wildman–Crippen LogP) is -0.670. The van der Waals surface area contributed by atoms with Gasteiger partial charge in [0.2, 0.25) is 0 Å². The van der Waals surface area contributed by atoms with Gasteiger partial charge in [0.15, 0.2) is 0 Å². The normalized spacial score (nSPS) is 25.8. The van der Waals surface area contributed by atoms with Gasteiger partial charge in [0.05, 0.1) is 24.4 Å². The van der Waals surface area contributed by atoms with Gasteiger partial charge in [0.25, 0.3) is 6.10 Å². The predicted molar refractivity (Wildman–Crippen MR) is 100 cm³/mol. The number of benzene rings is 1. The molecule has 1 aliphatic heterocycles. The van der Waals surface area contributed by atoms with Crippen LogP contribution in [-0.4, -0.2) is 91.8 Å². The molecule has 0 saturated carbocycles. The molecule has 6 N–H and O–H groups in total. The van der Waals surface area contributed by atoms with Crippen molar-refractivity contribution in [3.63, 3.8) is 0 Å². The van der Waals surface area contributed by atoms with Gasteiger partial charge in [-0.2, -0.15) is 0 Å². The number of carboxylic acid groups (broad SMARTS) is 3. The van der Waals surface area contributed by atoms with Crippen LogP contribution >= 0.6 is 0 Å². The molecule has 0 amide bonds. The third-order valence-electron chi connectivity index (χ3n) is 4.68. The minimum Gasteiger partial charge on any atom is -0.493 e. The zero-order valence-corrected chi connectivity index (χ0v) is 16.5. The molecule has 2 rings (SSSR count). The van der Waals surface area contributed by atoms with E-state index in [9.17, 15) is 34.8 Å². The molecule has 12 heteroatoms. The second-order valence-corrected chi connectivity index (χ2v) is 7.01. The number of carboxylic acids is 3. The molecule has 0 spiro atoms. The summed E-state index contributed by atoms with van der Waals surface area (Å²) >= 11 is 0.